The van der Waals surface area contributed by atoms with E-state index in [2.05, 4.69) is 15.9 Å². The average Bonchev–Trinajstić information content (AvgIpc) is 3.10. The maximum Gasteiger partial charge on any atom is 0.350 e. The van der Waals surface area contributed by atoms with Gasteiger partial charge in [-0.3, -0.25) is 10.1 Å². The summed E-state index contributed by atoms with van der Waals surface area (Å²) in [6, 6.07) is 4.37. The summed E-state index contributed by atoms with van der Waals surface area (Å²) >= 11 is 3.22. The maximum absolute atomic E-state index is 11.8. The van der Waals surface area contributed by atoms with E-state index in [0.717, 1.165) is 0 Å². The molecule has 1 aliphatic rings. The highest BCUT2D eigenvalue weighted by Gasteiger charge is 2.55. The Morgan fingerprint density at radius 2 is 2.21 bits per heavy atom. The molecule has 2 rings (SSSR count). The number of rotatable bonds is 5. The molecule has 0 heterocycles. The van der Waals surface area contributed by atoms with Gasteiger partial charge in [0, 0.05) is 29.4 Å². The zero-order valence-electron chi connectivity index (χ0n) is 10.2. The summed E-state index contributed by atoms with van der Waals surface area (Å²) < 4.78 is 11.1. The lowest BCUT2D eigenvalue weighted by molar-refractivity contribution is -0.386. The van der Waals surface area contributed by atoms with Crippen LogP contribution < -0.4 is 4.74 Å². The van der Waals surface area contributed by atoms with Crippen molar-refractivity contribution in [1.29, 1.82) is 0 Å². The van der Waals surface area contributed by atoms with Crippen LogP contribution in [0.3, 0.4) is 0 Å². The Kier molecular flexibility index (Phi) is 3.75. The zero-order chi connectivity index (χ0) is 14.0. The van der Waals surface area contributed by atoms with E-state index in [1.165, 1.54) is 12.1 Å². The summed E-state index contributed by atoms with van der Waals surface area (Å²) in [6.07, 6.45) is 1.02. The first-order chi connectivity index (χ1) is 8.98. The number of nitro groups is 1. The summed E-state index contributed by atoms with van der Waals surface area (Å²) in [5.41, 5.74) is -1.22. The molecule has 1 aliphatic carbocycles. The molecule has 1 saturated carbocycles. The van der Waals surface area contributed by atoms with Crippen molar-refractivity contribution in [2.45, 2.75) is 25.4 Å². The second kappa shape index (κ2) is 5.16. The van der Waals surface area contributed by atoms with E-state index in [9.17, 15) is 14.9 Å². The van der Waals surface area contributed by atoms with Gasteiger partial charge >= 0.3 is 11.7 Å². The van der Waals surface area contributed by atoms with E-state index in [1.54, 1.807) is 13.0 Å². The molecule has 6 nitrogen and oxygen atoms in total. The van der Waals surface area contributed by atoms with Crippen LogP contribution in [-0.4, -0.2) is 23.1 Å². The van der Waals surface area contributed by atoms with Gasteiger partial charge < -0.3 is 9.47 Å². The van der Waals surface area contributed by atoms with Gasteiger partial charge in [0.15, 0.2) is 5.75 Å². The van der Waals surface area contributed by atoms with Crippen LogP contribution in [0.2, 0.25) is 0 Å². The van der Waals surface area contributed by atoms with Crippen LogP contribution in [0.1, 0.15) is 19.8 Å². The molecule has 0 bridgehead atoms. The van der Waals surface area contributed by atoms with Crippen molar-refractivity contribution in [1.82, 2.24) is 0 Å². The summed E-state index contributed by atoms with van der Waals surface area (Å²) in [5.74, 6) is -0.394. The minimum atomic E-state index is -1.05. The Morgan fingerprint density at radius 3 is 2.74 bits per heavy atom. The average molecular weight is 330 g/mol. The second-order valence-corrected chi connectivity index (χ2v) is 5.10. The maximum atomic E-state index is 11.8. The fourth-order valence-corrected chi connectivity index (χ4v) is 2.00. The Hall–Kier alpha value is -1.63. The van der Waals surface area contributed by atoms with Crippen LogP contribution >= 0.6 is 15.9 Å². The van der Waals surface area contributed by atoms with E-state index in [0.29, 0.717) is 17.3 Å². The number of hydrogen-bond donors (Lipinski definition) is 0. The van der Waals surface area contributed by atoms with Gasteiger partial charge in [0.25, 0.3) is 0 Å². The molecule has 0 radical (unpaired) electrons. The molecule has 0 spiro atoms. The highest BCUT2D eigenvalue weighted by Crippen LogP contribution is 2.44. The van der Waals surface area contributed by atoms with Crippen LogP contribution in [-0.2, 0) is 9.53 Å². The lowest BCUT2D eigenvalue weighted by Gasteiger charge is -2.16. The Bertz CT molecular complexity index is 527. The summed E-state index contributed by atoms with van der Waals surface area (Å²) in [5, 5.41) is 10.9. The Balaban J connectivity index is 2.26. The fraction of sp³-hybridized carbons (Fsp3) is 0.417. The van der Waals surface area contributed by atoms with Crippen molar-refractivity contribution < 1.29 is 19.2 Å². The van der Waals surface area contributed by atoms with Crippen LogP contribution in [0.4, 0.5) is 5.69 Å². The predicted molar refractivity (Wildman–Crippen MR) is 70.0 cm³/mol. The van der Waals surface area contributed by atoms with Gasteiger partial charge in [-0.05, 0) is 13.0 Å². The van der Waals surface area contributed by atoms with E-state index < -0.39 is 16.5 Å². The SMILES string of the molecule is CCOC(=O)C1(Oc2cc(Br)ccc2[N+](=O)[O-])CC1. The molecule has 1 aromatic rings. The molecule has 0 saturated heterocycles. The molecule has 1 aromatic carbocycles. The highest BCUT2D eigenvalue weighted by atomic mass is 79.9. The zero-order valence-corrected chi connectivity index (χ0v) is 11.8. The molecule has 0 aromatic heterocycles. The molecule has 1 fully saturated rings. The van der Waals surface area contributed by atoms with Crippen molar-refractivity contribution in [2.75, 3.05) is 6.61 Å². The number of hydrogen-bond acceptors (Lipinski definition) is 5. The topological polar surface area (TPSA) is 78.7 Å². The molecule has 0 amide bonds. The van der Waals surface area contributed by atoms with Gasteiger partial charge in [-0.2, -0.15) is 0 Å². The van der Waals surface area contributed by atoms with Crippen LogP contribution in [0.25, 0.3) is 0 Å². The molecule has 0 unspecified atom stereocenters. The smallest absolute Gasteiger partial charge is 0.350 e. The molecule has 0 aliphatic heterocycles. The molecular weight excluding hydrogens is 318 g/mol. The Labute approximate surface area is 118 Å². The van der Waals surface area contributed by atoms with E-state index in [1.807, 2.05) is 0 Å². The predicted octanol–water partition coefficient (Wildman–Crippen LogP) is 2.83. The van der Waals surface area contributed by atoms with Gasteiger partial charge in [0.05, 0.1) is 11.5 Å². The van der Waals surface area contributed by atoms with Gasteiger partial charge in [-0.15, -0.1) is 0 Å². The van der Waals surface area contributed by atoms with Gasteiger partial charge in [0.2, 0.25) is 5.60 Å². The number of nitrogens with zero attached hydrogens (tertiary/aromatic N) is 1. The molecular formula is C12H12BrNO5. The monoisotopic (exact) mass is 329 g/mol. The van der Waals surface area contributed by atoms with Crippen LogP contribution in [0.15, 0.2) is 22.7 Å². The molecule has 19 heavy (non-hydrogen) atoms. The van der Waals surface area contributed by atoms with E-state index in [-0.39, 0.29) is 18.0 Å². The number of esters is 1. The Morgan fingerprint density at radius 1 is 1.53 bits per heavy atom. The first kappa shape index (κ1) is 13.8. The number of carbonyl (C=O) groups is 1. The van der Waals surface area contributed by atoms with Crippen molar-refractivity contribution in [3.05, 3.63) is 32.8 Å². The van der Waals surface area contributed by atoms with Crippen molar-refractivity contribution in [3.63, 3.8) is 0 Å². The largest absolute Gasteiger partial charge is 0.468 e. The fourth-order valence-electron chi connectivity index (χ4n) is 1.66. The third kappa shape index (κ3) is 2.86. The van der Waals surface area contributed by atoms with E-state index in [4.69, 9.17) is 9.47 Å². The minimum absolute atomic E-state index is 0.0740. The lowest BCUT2D eigenvalue weighted by Crippen LogP contribution is -2.31. The lowest BCUT2D eigenvalue weighted by atomic mass is 10.2. The quantitative estimate of drug-likeness (QED) is 0.471. The standard InChI is InChI=1S/C12H12BrNO5/c1-2-18-11(15)12(5-6-12)19-10-7-8(13)3-4-9(10)14(16)17/h3-4,7H,2,5-6H2,1H3. The second-order valence-electron chi connectivity index (χ2n) is 4.19. The number of nitro benzene ring substituents is 1. The van der Waals surface area contributed by atoms with Crippen molar-refractivity contribution in [2.24, 2.45) is 0 Å². The minimum Gasteiger partial charge on any atom is -0.468 e. The summed E-state index contributed by atoms with van der Waals surface area (Å²) in [7, 11) is 0. The molecule has 0 N–H and O–H groups in total. The van der Waals surface area contributed by atoms with Crippen molar-refractivity contribution in [3.8, 4) is 5.75 Å². The number of ether oxygens (including phenoxy) is 2. The first-order valence-electron chi connectivity index (χ1n) is 5.79. The van der Waals surface area contributed by atoms with Gasteiger partial charge in [-0.25, -0.2) is 4.79 Å². The number of carbonyl (C=O) groups excluding carboxylic acids is 1. The number of halogens is 1. The summed E-state index contributed by atoms with van der Waals surface area (Å²) in [4.78, 5) is 22.2. The molecule has 0 atom stereocenters. The van der Waals surface area contributed by atoms with Gasteiger partial charge in [-0.1, -0.05) is 15.9 Å². The van der Waals surface area contributed by atoms with Gasteiger partial charge in [0.1, 0.15) is 0 Å². The number of benzene rings is 1. The summed E-state index contributed by atoms with van der Waals surface area (Å²) in [6.45, 7) is 1.96. The van der Waals surface area contributed by atoms with E-state index >= 15 is 0 Å². The molecule has 102 valence electrons. The third-order valence-corrected chi connectivity index (χ3v) is 3.27. The third-order valence-electron chi connectivity index (χ3n) is 2.78. The highest BCUT2D eigenvalue weighted by molar-refractivity contribution is 9.10. The normalized spacial score (nSPS) is 15.7. The van der Waals surface area contributed by atoms with Crippen molar-refractivity contribution >= 4 is 27.6 Å². The molecule has 7 heteroatoms. The van der Waals surface area contributed by atoms with Crippen LogP contribution in [0, 0.1) is 10.1 Å². The first-order valence-corrected chi connectivity index (χ1v) is 6.58. The van der Waals surface area contributed by atoms with Crippen LogP contribution in [0.5, 0.6) is 5.75 Å².